The van der Waals surface area contributed by atoms with E-state index in [4.69, 9.17) is 10.8 Å². The number of benzene rings is 1. The van der Waals surface area contributed by atoms with Gasteiger partial charge in [0.25, 0.3) is 0 Å². The second-order valence-corrected chi connectivity index (χ2v) is 5.21. The van der Waals surface area contributed by atoms with Gasteiger partial charge in [-0.15, -0.1) is 0 Å². The van der Waals surface area contributed by atoms with Crippen LogP contribution in [0.15, 0.2) is 24.3 Å². The average Bonchev–Trinajstić information content (AvgIpc) is 2.34. The van der Waals surface area contributed by atoms with Crippen molar-refractivity contribution in [3.05, 3.63) is 35.6 Å². The van der Waals surface area contributed by atoms with E-state index in [1.807, 2.05) is 6.07 Å². The van der Waals surface area contributed by atoms with Crippen molar-refractivity contribution in [3.8, 4) is 0 Å². The first kappa shape index (κ1) is 14.4. The molecule has 1 aliphatic carbocycles. The lowest BCUT2D eigenvalue weighted by Crippen LogP contribution is -2.45. The number of nitrogens with zero attached hydrogens (tertiary/aromatic N) is 1. The Hall–Kier alpha value is -0.970. The summed E-state index contributed by atoms with van der Waals surface area (Å²) in [5, 5.41) is 9.04. The van der Waals surface area contributed by atoms with E-state index >= 15 is 0 Å². The van der Waals surface area contributed by atoms with Gasteiger partial charge in [-0.25, -0.2) is 4.39 Å². The van der Waals surface area contributed by atoms with Gasteiger partial charge in [0.05, 0.1) is 0 Å². The fraction of sp³-hybridized carbons (Fsp3) is 0.600. The molecular formula is C15H23FN2O. The van der Waals surface area contributed by atoms with Crippen LogP contribution in [-0.4, -0.2) is 35.7 Å². The van der Waals surface area contributed by atoms with Gasteiger partial charge in [0.1, 0.15) is 5.82 Å². The molecule has 3 nitrogen and oxygen atoms in total. The maximum atomic E-state index is 13.4. The Bertz CT molecular complexity index is 395. The molecule has 0 aliphatic heterocycles. The van der Waals surface area contributed by atoms with Gasteiger partial charge < -0.3 is 10.8 Å². The highest BCUT2D eigenvalue weighted by Crippen LogP contribution is 2.32. The summed E-state index contributed by atoms with van der Waals surface area (Å²) < 4.78 is 13.4. The molecule has 0 heterocycles. The van der Waals surface area contributed by atoms with Crippen molar-refractivity contribution in [2.75, 3.05) is 19.7 Å². The van der Waals surface area contributed by atoms with Crippen LogP contribution >= 0.6 is 0 Å². The number of aliphatic hydroxyl groups excluding tert-OH is 1. The van der Waals surface area contributed by atoms with Crippen LogP contribution in [0.5, 0.6) is 0 Å². The quantitative estimate of drug-likeness (QED) is 0.794. The van der Waals surface area contributed by atoms with Gasteiger partial charge in [-0.05, 0) is 37.0 Å². The summed E-state index contributed by atoms with van der Waals surface area (Å²) >= 11 is 0. The Balaban J connectivity index is 2.15. The van der Waals surface area contributed by atoms with Crippen molar-refractivity contribution in [1.29, 1.82) is 0 Å². The summed E-state index contributed by atoms with van der Waals surface area (Å²) in [5.41, 5.74) is 6.85. The van der Waals surface area contributed by atoms with Crippen LogP contribution < -0.4 is 5.73 Å². The zero-order valence-corrected chi connectivity index (χ0v) is 11.3. The van der Waals surface area contributed by atoms with E-state index in [9.17, 15) is 4.39 Å². The highest BCUT2D eigenvalue weighted by Gasteiger charge is 2.30. The van der Waals surface area contributed by atoms with Crippen LogP contribution in [0.4, 0.5) is 4.39 Å². The minimum atomic E-state index is -0.216. The molecule has 19 heavy (non-hydrogen) atoms. The van der Waals surface area contributed by atoms with E-state index in [2.05, 4.69) is 4.90 Å². The molecule has 1 fully saturated rings. The maximum Gasteiger partial charge on any atom is 0.123 e. The van der Waals surface area contributed by atoms with E-state index in [0.717, 1.165) is 18.5 Å². The molecule has 2 rings (SSSR count). The van der Waals surface area contributed by atoms with Gasteiger partial charge >= 0.3 is 0 Å². The van der Waals surface area contributed by atoms with Crippen molar-refractivity contribution >= 4 is 0 Å². The van der Waals surface area contributed by atoms with Gasteiger partial charge in [0, 0.05) is 31.8 Å². The molecule has 1 aromatic rings. The Morgan fingerprint density at radius 1 is 1.42 bits per heavy atom. The number of nitrogens with two attached hydrogens (primary N) is 1. The minimum absolute atomic E-state index is 0.0487. The van der Waals surface area contributed by atoms with Crippen LogP contribution in [0.1, 0.15) is 37.3 Å². The van der Waals surface area contributed by atoms with E-state index in [-0.39, 0.29) is 18.5 Å². The summed E-state index contributed by atoms with van der Waals surface area (Å²) in [7, 11) is 0. The molecule has 106 valence electrons. The van der Waals surface area contributed by atoms with Crippen LogP contribution in [0.2, 0.25) is 0 Å². The third kappa shape index (κ3) is 3.53. The van der Waals surface area contributed by atoms with Crippen LogP contribution in [-0.2, 0) is 0 Å². The highest BCUT2D eigenvalue weighted by atomic mass is 19.1. The highest BCUT2D eigenvalue weighted by molar-refractivity contribution is 5.21. The van der Waals surface area contributed by atoms with Crippen molar-refractivity contribution in [2.45, 2.75) is 37.8 Å². The molecule has 1 aromatic carbocycles. The number of halogens is 1. The van der Waals surface area contributed by atoms with E-state index < -0.39 is 0 Å². The van der Waals surface area contributed by atoms with Crippen LogP contribution in [0.25, 0.3) is 0 Å². The lowest BCUT2D eigenvalue weighted by Gasteiger charge is -2.42. The molecule has 0 aromatic heterocycles. The maximum absolute atomic E-state index is 13.4. The predicted octanol–water partition coefficient (Wildman–Crippen LogP) is 2.06. The monoisotopic (exact) mass is 266 g/mol. The molecule has 0 saturated heterocycles. The smallest absolute Gasteiger partial charge is 0.123 e. The minimum Gasteiger partial charge on any atom is -0.396 e. The van der Waals surface area contributed by atoms with Crippen molar-refractivity contribution in [2.24, 2.45) is 5.73 Å². The van der Waals surface area contributed by atoms with Crippen LogP contribution in [0, 0.1) is 5.82 Å². The first-order valence-electron chi connectivity index (χ1n) is 7.08. The largest absolute Gasteiger partial charge is 0.396 e. The fourth-order valence-electron chi connectivity index (χ4n) is 2.74. The summed E-state index contributed by atoms with van der Waals surface area (Å²) in [6.45, 7) is 1.48. The lowest BCUT2D eigenvalue weighted by molar-refractivity contribution is 0.0742. The van der Waals surface area contributed by atoms with Gasteiger partial charge in [0.2, 0.25) is 0 Å². The second kappa shape index (κ2) is 6.98. The molecule has 1 unspecified atom stereocenters. The first-order chi connectivity index (χ1) is 9.26. The summed E-state index contributed by atoms with van der Waals surface area (Å²) in [4.78, 5) is 2.34. The van der Waals surface area contributed by atoms with Crippen molar-refractivity contribution in [1.82, 2.24) is 4.90 Å². The number of hydrogen-bond donors (Lipinski definition) is 2. The van der Waals surface area contributed by atoms with Gasteiger partial charge in [0.15, 0.2) is 0 Å². The van der Waals surface area contributed by atoms with Crippen molar-refractivity contribution in [3.63, 3.8) is 0 Å². The van der Waals surface area contributed by atoms with E-state index in [1.165, 1.54) is 25.3 Å². The zero-order valence-electron chi connectivity index (χ0n) is 11.3. The average molecular weight is 266 g/mol. The third-order valence-corrected chi connectivity index (χ3v) is 3.98. The Kier molecular flexibility index (Phi) is 5.31. The second-order valence-electron chi connectivity index (χ2n) is 5.21. The van der Waals surface area contributed by atoms with Crippen molar-refractivity contribution < 1.29 is 9.50 Å². The SMILES string of the molecule is NCC(c1cccc(F)c1)N(CCCO)C1CCC1. The number of hydrogen-bond acceptors (Lipinski definition) is 3. The van der Waals surface area contributed by atoms with Gasteiger partial charge in [-0.2, -0.15) is 0 Å². The molecule has 3 N–H and O–H groups in total. The predicted molar refractivity (Wildman–Crippen MR) is 74.2 cm³/mol. The normalized spacial score (nSPS) is 17.5. The van der Waals surface area contributed by atoms with E-state index in [0.29, 0.717) is 12.6 Å². The fourth-order valence-corrected chi connectivity index (χ4v) is 2.74. The molecule has 1 saturated carbocycles. The number of aliphatic hydroxyl groups is 1. The van der Waals surface area contributed by atoms with Gasteiger partial charge in [-0.3, -0.25) is 4.90 Å². The lowest BCUT2D eigenvalue weighted by atomic mass is 9.89. The molecule has 0 bridgehead atoms. The van der Waals surface area contributed by atoms with Gasteiger partial charge in [-0.1, -0.05) is 18.6 Å². The topological polar surface area (TPSA) is 49.5 Å². The molecule has 4 heteroatoms. The summed E-state index contributed by atoms with van der Waals surface area (Å²) in [5.74, 6) is -0.216. The molecule has 1 aliphatic rings. The molecular weight excluding hydrogens is 243 g/mol. The summed E-state index contributed by atoms with van der Waals surface area (Å²) in [6.07, 6.45) is 4.34. The molecule has 0 spiro atoms. The third-order valence-electron chi connectivity index (χ3n) is 3.98. The van der Waals surface area contributed by atoms with E-state index in [1.54, 1.807) is 12.1 Å². The number of rotatable bonds is 7. The summed E-state index contributed by atoms with van der Waals surface area (Å²) in [6, 6.07) is 7.28. The Morgan fingerprint density at radius 3 is 2.74 bits per heavy atom. The molecule has 0 amide bonds. The first-order valence-corrected chi connectivity index (χ1v) is 7.08. The zero-order chi connectivity index (χ0) is 13.7. The Morgan fingerprint density at radius 2 is 2.21 bits per heavy atom. The standard InChI is InChI=1S/C15H23FN2O/c16-13-5-1-4-12(10-13)15(11-17)18(8-3-9-19)14-6-2-7-14/h1,4-5,10,14-15,19H,2-3,6-9,11,17H2. The Labute approximate surface area is 114 Å². The molecule has 0 radical (unpaired) electrons. The molecule has 1 atom stereocenters. The van der Waals surface area contributed by atoms with Crippen LogP contribution in [0.3, 0.4) is 0 Å².